The molecule has 1 aliphatic heterocycles. The van der Waals surface area contributed by atoms with Crippen molar-refractivity contribution < 1.29 is 24.4 Å². The van der Waals surface area contributed by atoms with E-state index in [1.165, 1.54) is 6.92 Å². The summed E-state index contributed by atoms with van der Waals surface area (Å²) in [5.41, 5.74) is -1.73. The van der Waals surface area contributed by atoms with E-state index in [0.717, 1.165) is 10.8 Å². The van der Waals surface area contributed by atoms with Gasteiger partial charge in [-0.2, -0.15) is 0 Å². The monoisotopic (exact) mass is 308 g/mol. The third-order valence-electron chi connectivity index (χ3n) is 3.11. The molecule has 0 amide bonds. The summed E-state index contributed by atoms with van der Waals surface area (Å²) in [7, 11) is 0. The molecule has 106 valence electrons. The summed E-state index contributed by atoms with van der Waals surface area (Å²) in [5, 5.41) is 29.2. The van der Waals surface area contributed by atoms with Gasteiger partial charge < -0.3 is 25.0 Å². The van der Waals surface area contributed by atoms with Gasteiger partial charge in [0.15, 0.2) is 16.8 Å². The van der Waals surface area contributed by atoms with Crippen LogP contribution in [0.25, 0.3) is 0 Å². The zero-order valence-electron chi connectivity index (χ0n) is 9.91. The maximum absolute atomic E-state index is 13.5. The lowest BCUT2D eigenvalue weighted by Gasteiger charge is -2.28. The quantitative estimate of drug-likeness (QED) is 0.592. The van der Waals surface area contributed by atoms with Crippen LogP contribution in [-0.4, -0.2) is 49.3 Å². The van der Waals surface area contributed by atoms with E-state index in [9.17, 15) is 14.6 Å². The molecule has 6 nitrogen and oxygen atoms in total. The molecule has 1 saturated heterocycles. The number of hydrogen-bond donors (Lipinski definition) is 4. The normalized spacial score (nSPS) is 34.7. The molecule has 0 aliphatic carbocycles. The number of ether oxygens (including phenoxy) is 1. The van der Waals surface area contributed by atoms with Crippen molar-refractivity contribution in [2.45, 2.75) is 31.0 Å². The fourth-order valence-corrected chi connectivity index (χ4v) is 2.49. The minimum absolute atomic E-state index is 0.0439. The summed E-state index contributed by atoms with van der Waals surface area (Å²) >= 11 is 9.69. The number of rotatable bonds is 2. The van der Waals surface area contributed by atoms with Crippen molar-refractivity contribution in [1.29, 1.82) is 0 Å². The average Bonchev–Trinajstić information content (AvgIpc) is 2.56. The highest BCUT2D eigenvalue weighted by molar-refractivity contribution is 7.72. The second-order valence-electron chi connectivity index (χ2n) is 4.52. The number of hydrogen-bond acceptors (Lipinski definition) is 6. The Morgan fingerprint density at radius 2 is 2.21 bits per heavy atom. The highest BCUT2D eigenvalue weighted by atomic mass is 32.1. The van der Waals surface area contributed by atoms with E-state index in [4.69, 9.17) is 34.3 Å². The Kier molecular flexibility index (Phi) is 3.87. The highest BCUT2D eigenvalue weighted by Crippen LogP contribution is 2.38. The Balaban J connectivity index is 2.51. The summed E-state index contributed by atoms with van der Waals surface area (Å²) in [6.07, 6.45) is -2.44. The van der Waals surface area contributed by atoms with Crippen LogP contribution < -0.4 is 0 Å². The Labute approximate surface area is 118 Å². The summed E-state index contributed by atoms with van der Waals surface area (Å²) in [5.74, 6) is -0.732. The third-order valence-corrected chi connectivity index (χ3v) is 3.72. The van der Waals surface area contributed by atoms with Crippen molar-refractivity contribution >= 4 is 24.4 Å². The van der Waals surface area contributed by atoms with Gasteiger partial charge in [-0.25, -0.2) is 4.39 Å². The number of nitrogens with zero attached hydrogens (tertiary/aromatic N) is 1. The molecule has 0 radical (unpaired) electrons. The Hall–Kier alpha value is -0.710. The maximum Gasteiger partial charge on any atom is 0.180 e. The van der Waals surface area contributed by atoms with Crippen molar-refractivity contribution in [1.82, 2.24) is 9.55 Å². The van der Waals surface area contributed by atoms with Gasteiger partial charge in [-0.15, -0.1) is 0 Å². The molecule has 4 N–H and O–H groups in total. The van der Waals surface area contributed by atoms with Gasteiger partial charge in [0, 0.05) is 6.20 Å². The minimum Gasteiger partial charge on any atom is -0.394 e. The second kappa shape index (κ2) is 5.00. The smallest absolute Gasteiger partial charge is 0.180 e. The van der Waals surface area contributed by atoms with E-state index in [1.54, 1.807) is 0 Å². The first-order chi connectivity index (χ1) is 8.78. The first-order valence-electron chi connectivity index (χ1n) is 5.46. The minimum atomic E-state index is -1.73. The van der Waals surface area contributed by atoms with Crippen LogP contribution in [0, 0.1) is 15.2 Å². The molecule has 1 unspecified atom stereocenters. The molecule has 0 spiro atoms. The molecule has 19 heavy (non-hydrogen) atoms. The molecule has 1 aromatic rings. The van der Waals surface area contributed by atoms with Crippen molar-refractivity contribution in [3.05, 3.63) is 21.4 Å². The zero-order valence-corrected chi connectivity index (χ0v) is 11.5. The molecule has 4 atom stereocenters. The van der Waals surface area contributed by atoms with Crippen LogP contribution in [-0.2, 0) is 4.74 Å². The van der Waals surface area contributed by atoms with E-state index in [1.807, 2.05) is 0 Å². The van der Waals surface area contributed by atoms with Crippen LogP contribution in [0.1, 0.15) is 13.2 Å². The van der Waals surface area contributed by atoms with Crippen LogP contribution in [0.5, 0.6) is 0 Å². The summed E-state index contributed by atoms with van der Waals surface area (Å²) in [4.78, 5) is 2.45. The molecule has 1 fully saturated rings. The van der Waals surface area contributed by atoms with Gasteiger partial charge in [0.05, 0.1) is 6.61 Å². The van der Waals surface area contributed by atoms with Crippen molar-refractivity contribution in [2.24, 2.45) is 0 Å². The standard InChI is InChI=1S/C10H13FN2O4S2/c1-10(16)6(15)5(3-14)17-8(10)13-2-4(11)7(18)12-9(13)19/h2,5-6,8,14-16H,3H2,1H3,(H,12,18,19)/t5-,6+,8-,10?/m1/s1. The summed E-state index contributed by atoms with van der Waals surface area (Å²) in [6, 6.07) is 0. The van der Waals surface area contributed by atoms with Crippen molar-refractivity contribution in [3.8, 4) is 0 Å². The van der Waals surface area contributed by atoms with E-state index in [2.05, 4.69) is 4.98 Å². The molecule has 9 heteroatoms. The molecule has 2 rings (SSSR count). The molecule has 1 aromatic heterocycles. The highest BCUT2D eigenvalue weighted by Gasteiger charge is 2.52. The lowest BCUT2D eigenvalue weighted by Crippen LogP contribution is -2.44. The first kappa shape index (κ1) is 14.7. The van der Waals surface area contributed by atoms with Crippen LogP contribution in [0.3, 0.4) is 0 Å². The number of aliphatic hydroxyl groups excluding tert-OH is 2. The largest absolute Gasteiger partial charge is 0.394 e. The Morgan fingerprint density at radius 3 is 2.74 bits per heavy atom. The number of halogens is 1. The number of aromatic nitrogens is 2. The van der Waals surface area contributed by atoms with Gasteiger partial charge in [-0.1, -0.05) is 12.2 Å². The second-order valence-corrected chi connectivity index (χ2v) is 5.32. The van der Waals surface area contributed by atoms with Crippen LogP contribution in [0.2, 0.25) is 0 Å². The lowest BCUT2D eigenvalue weighted by atomic mass is 9.96. The van der Waals surface area contributed by atoms with E-state index in [0.29, 0.717) is 0 Å². The molecular weight excluding hydrogens is 295 g/mol. The Morgan fingerprint density at radius 1 is 1.58 bits per heavy atom. The lowest BCUT2D eigenvalue weighted by molar-refractivity contribution is -0.0982. The van der Waals surface area contributed by atoms with Gasteiger partial charge >= 0.3 is 0 Å². The maximum atomic E-state index is 13.5. The molecule has 1 aliphatic rings. The molecule has 0 saturated carbocycles. The van der Waals surface area contributed by atoms with Gasteiger partial charge in [0.2, 0.25) is 0 Å². The fourth-order valence-electron chi connectivity index (χ4n) is 2.03. The number of aromatic amines is 1. The first-order valence-corrected chi connectivity index (χ1v) is 6.28. The Bertz CT molecular complexity index is 600. The predicted molar refractivity (Wildman–Crippen MR) is 68.0 cm³/mol. The fraction of sp³-hybridized carbons (Fsp3) is 0.600. The summed E-state index contributed by atoms with van der Waals surface area (Å²) < 4.78 is 19.8. The van der Waals surface area contributed by atoms with E-state index < -0.39 is 36.5 Å². The van der Waals surface area contributed by atoms with E-state index >= 15 is 0 Å². The van der Waals surface area contributed by atoms with Gasteiger partial charge in [-0.05, 0) is 19.1 Å². The van der Waals surface area contributed by atoms with Crippen LogP contribution >= 0.6 is 24.4 Å². The molecule has 2 heterocycles. The molecule has 0 aromatic carbocycles. The van der Waals surface area contributed by atoms with Crippen LogP contribution in [0.4, 0.5) is 4.39 Å². The molecule has 0 bridgehead atoms. The predicted octanol–water partition coefficient (Wildman–Crippen LogP) is 0.416. The van der Waals surface area contributed by atoms with Crippen molar-refractivity contribution in [2.75, 3.05) is 6.61 Å². The third kappa shape index (κ3) is 2.37. The van der Waals surface area contributed by atoms with Crippen LogP contribution in [0.15, 0.2) is 6.20 Å². The topological polar surface area (TPSA) is 90.6 Å². The molecular formula is C10H13FN2O4S2. The average molecular weight is 308 g/mol. The number of nitrogens with one attached hydrogen (secondary N) is 1. The number of aliphatic hydroxyl groups is 3. The summed E-state index contributed by atoms with van der Waals surface area (Å²) in [6.45, 7) is 0.839. The zero-order chi connectivity index (χ0) is 14.4. The van der Waals surface area contributed by atoms with E-state index in [-0.39, 0.29) is 9.41 Å². The van der Waals surface area contributed by atoms with Gasteiger partial charge in [0.25, 0.3) is 0 Å². The number of H-pyrrole nitrogens is 1. The van der Waals surface area contributed by atoms with Crippen molar-refractivity contribution in [3.63, 3.8) is 0 Å². The SMILES string of the molecule is CC1(O)[C@@H](O)[C@@H](CO)O[C@H]1n1cc(F)c(=S)[nH]c1=S. The van der Waals surface area contributed by atoms with Gasteiger partial charge in [0.1, 0.15) is 22.4 Å². The van der Waals surface area contributed by atoms with Gasteiger partial charge in [-0.3, -0.25) is 4.57 Å².